The fourth-order valence-corrected chi connectivity index (χ4v) is 3.71. The van der Waals surface area contributed by atoms with E-state index in [1.54, 1.807) is 12.3 Å². The van der Waals surface area contributed by atoms with Crippen LogP contribution in [0, 0.1) is 0 Å². The molecule has 2 aromatic rings. The van der Waals surface area contributed by atoms with E-state index in [1.165, 1.54) is 15.2 Å². The van der Waals surface area contributed by atoms with Gasteiger partial charge < -0.3 is 0 Å². The van der Waals surface area contributed by atoms with Gasteiger partial charge >= 0.3 is 0 Å². The first-order valence-corrected chi connectivity index (χ1v) is 9.42. The van der Waals surface area contributed by atoms with Gasteiger partial charge in [-0.2, -0.15) is 5.10 Å². The Balaban J connectivity index is 1.77. The molecule has 8 heteroatoms. The Morgan fingerprint density at radius 2 is 1.91 bits per heavy atom. The Morgan fingerprint density at radius 1 is 1.13 bits per heavy atom. The Labute approximate surface area is 135 Å². The van der Waals surface area contributed by atoms with Crippen molar-refractivity contribution in [2.24, 2.45) is 0 Å². The van der Waals surface area contributed by atoms with Crippen molar-refractivity contribution in [3.63, 3.8) is 0 Å². The molecule has 23 heavy (non-hydrogen) atoms. The molecule has 0 spiro atoms. The molecule has 1 fully saturated rings. The normalized spacial score (nSPS) is 18.1. The van der Waals surface area contributed by atoms with Gasteiger partial charge in [0.1, 0.15) is 0 Å². The number of benzene rings is 1. The monoisotopic (exact) mass is 336 g/mol. The predicted molar refractivity (Wildman–Crippen MR) is 88.6 cm³/mol. The molecule has 124 valence electrons. The molecule has 0 atom stereocenters. The summed E-state index contributed by atoms with van der Waals surface area (Å²) in [5.41, 5.74) is -0.118. The third kappa shape index (κ3) is 3.60. The van der Waals surface area contributed by atoms with Crippen molar-refractivity contribution in [3.05, 3.63) is 40.8 Å². The molecule has 0 N–H and O–H groups in total. The van der Waals surface area contributed by atoms with E-state index in [4.69, 9.17) is 0 Å². The number of aromatic nitrogens is 2. The number of hydrogen-bond donors (Lipinski definition) is 0. The van der Waals surface area contributed by atoms with E-state index in [1.807, 2.05) is 18.2 Å². The van der Waals surface area contributed by atoms with Gasteiger partial charge in [0.2, 0.25) is 10.0 Å². The molecule has 0 unspecified atom stereocenters. The van der Waals surface area contributed by atoms with Gasteiger partial charge in [-0.25, -0.2) is 17.4 Å². The lowest BCUT2D eigenvalue weighted by atomic mass is 10.2. The first kappa shape index (κ1) is 16.1. The fraction of sp³-hybridized carbons (Fsp3) is 0.467. The van der Waals surface area contributed by atoms with Crippen molar-refractivity contribution in [3.8, 4) is 0 Å². The summed E-state index contributed by atoms with van der Waals surface area (Å²) >= 11 is 0. The van der Waals surface area contributed by atoms with Crippen molar-refractivity contribution in [2.75, 3.05) is 32.4 Å². The van der Waals surface area contributed by atoms with Crippen LogP contribution in [0.5, 0.6) is 0 Å². The lowest BCUT2D eigenvalue weighted by Gasteiger charge is -2.21. The summed E-state index contributed by atoms with van der Waals surface area (Å²) in [4.78, 5) is 14.5. The number of sulfonamides is 1. The minimum absolute atomic E-state index is 0.118. The number of rotatable bonds is 3. The van der Waals surface area contributed by atoms with E-state index in [9.17, 15) is 13.2 Å². The molecule has 1 aromatic heterocycles. The summed E-state index contributed by atoms with van der Waals surface area (Å²) in [5.74, 6) is 0. The van der Waals surface area contributed by atoms with Gasteiger partial charge in [0.05, 0.1) is 24.5 Å². The lowest BCUT2D eigenvalue weighted by Crippen LogP contribution is -2.37. The third-order valence-electron chi connectivity index (χ3n) is 4.11. The summed E-state index contributed by atoms with van der Waals surface area (Å²) < 4.78 is 26.2. The smallest absolute Gasteiger partial charge is 0.275 e. The van der Waals surface area contributed by atoms with Gasteiger partial charge in [-0.05, 0) is 12.5 Å². The minimum Gasteiger partial charge on any atom is -0.283 e. The van der Waals surface area contributed by atoms with Crippen LogP contribution in [0.25, 0.3) is 10.8 Å². The average Bonchev–Trinajstić information content (AvgIpc) is 2.76. The zero-order chi connectivity index (χ0) is 16.4. The van der Waals surface area contributed by atoms with Crippen LogP contribution in [0.1, 0.15) is 6.42 Å². The van der Waals surface area contributed by atoms with Gasteiger partial charge in [-0.1, -0.05) is 18.2 Å². The molecule has 1 aliphatic rings. The molecular formula is C15H20N4O3S. The summed E-state index contributed by atoms with van der Waals surface area (Å²) in [7, 11) is -3.16. The average molecular weight is 336 g/mol. The largest absolute Gasteiger partial charge is 0.283 e. The van der Waals surface area contributed by atoms with Crippen molar-refractivity contribution < 1.29 is 8.42 Å². The summed E-state index contributed by atoms with van der Waals surface area (Å²) in [6, 6.07) is 7.38. The molecule has 1 aromatic carbocycles. The standard InChI is InChI=1S/C15H20N4O3S/c1-23(21,22)18-8-4-7-17(9-10-18)12-19-15(20)14-6-3-2-5-13(14)11-16-19/h2-3,5-6,11H,4,7-10,12H2,1H3. The Kier molecular flexibility index (Phi) is 4.47. The number of hydrogen-bond acceptors (Lipinski definition) is 5. The highest BCUT2D eigenvalue weighted by molar-refractivity contribution is 7.88. The van der Waals surface area contributed by atoms with Crippen molar-refractivity contribution >= 4 is 20.8 Å². The molecule has 0 radical (unpaired) electrons. The highest BCUT2D eigenvalue weighted by Crippen LogP contribution is 2.09. The fourth-order valence-electron chi connectivity index (χ4n) is 2.84. The maximum absolute atomic E-state index is 12.5. The topological polar surface area (TPSA) is 75.5 Å². The summed E-state index contributed by atoms with van der Waals surface area (Å²) in [5, 5.41) is 5.70. The van der Waals surface area contributed by atoms with Crippen molar-refractivity contribution in [1.82, 2.24) is 19.0 Å². The maximum atomic E-state index is 12.5. The van der Waals surface area contributed by atoms with E-state index >= 15 is 0 Å². The molecule has 0 saturated carbocycles. The van der Waals surface area contributed by atoms with Crippen LogP contribution in [0.3, 0.4) is 0 Å². The number of fused-ring (bicyclic) bond motifs is 1. The zero-order valence-corrected chi connectivity index (χ0v) is 13.9. The second-order valence-electron chi connectivity index (χ2n) is 5.81. The van der Waals surface area contributed by atoms with Crippen molar-refractivity contribution in [1.29, 1.82) is 0 Å². The Bertz CT molecular complexity index is 862. The van der Waals surface area contributed by atoms with Crippen LogP contribution in [-0.2, 0) is 16.7 Å². The molecule has 0 amide bonds. The quantitative estimate of drug-likeness (QED) is 0.807. The van der Waals surface area contributed by atoms with Crippen molar-refractivity contribution in [2.45, 2.75) is 13.1 Å². The third-order valence-corrected chi connectivity index (χ3v) is 5.42. The Hall–Kier alpha value is -1.77. The van der Waals surface area contributed by atoms with E-state index in [-0.39, 0.29) is 5.56 Å². The highest BCUT2D eigenvalue weighted by Gasteiger charge is 2.21. The molecule has 0 aliphatic carbocycles. The first-order chi connectivity index (χ1) is 10.9. The van der Waals surface area contributed by atoms with Crippen LogP contribution in [-0.4, -0.2) is 59.8 Å². The summed E-state index contributed by atoms with van der Waals surface area (Å²) in [6.07, 6.45) is 3.67. The van der Waals surface area contributed by atoms with E-state index in [0.29, 0.717) is 31.7 Å². The first-order valence-electron chi connectivity index (χ1n) is 7.57. The molecule has 1 aliphatic heterocycles. The number of nitrogens with zero attached hydrogens (tertiary/aromatic N) is 4. The van der Waals surface area contributed by atoms with Gasteiger partial charge in [0, 0.05) is 31.6 Å². The lowest BCUT2D eigenvalue weighted by molar-refractivity contribution is 0.213. The van der Waals surface area contributed by atoms with Gasteiger partial charge in [0.15, 0.2) is 0 Å². The molecule has 0 bridgehead atoms. The Morgan fingerprint density at radius 3 is 2.70 bits per heavy atom. The highest BCUT2D eigenvalue weighted by atomic mass is 32.2. The molecule has 2 heterocycles. The van der Waals surface area contributed by atoms with E-state index in [2.05, 4.69) is 10.00 Å². The molecule has 7 nitrogen and oxygen atoms in total. The van der Waals surface area contributed by atoms with Crippen LogP contribution >= 0.6 is 0 Å². The predicted octanol–water partition coefficient (Wildman–Crippen LogP) is 0.321. The molecule has 1 saturated heterocycles. The SMILES string of the molecule is CS(=O)(=O)N1CCCN(Cn2ncc3ccccc3c2=O)CC1. The second kappa shape index (κ2) is 6.38. The van der Waals surface area contributed by atoms with Crippen LogP contribution in [0.15, 0.2) is 35.3 Å². The second-order valence-corrected chi connectivity index (χ2v) is 7.79. The molecular weight excluding hydrogens is 316 g/mol. The zero-order valence-electron chi connectivity index (χ0n) is 13.1. The van der Waals surface area contributed by atoms with Gasteiger partial charge in [-0.3, -0.25) is 9.69 Å². The maximum Gasteiger partial charge on any atom is 0.275 e. The minimum atomic E-state index is -3.16. The van der Waals surface area contributed by atoms with Gasteiger partial charge in [-0.15, -0.1) is 0 Å². The molecule has 3 rings (SSSR count). The summed E-state index contributed by atoms with van der Waals surface area (Å²) in [6.45, 7) is 2.68. The van der Waals surface area contributed by atoms with Crippen LogP contribution in [0.4, 0.5) is 0 Å². The van der Waals surface area contributed by atoms with E-state index < -0.39 is 10.0 Å². The van der Waals surface area contributed by atoms with Crippen LogP contribution in [0.2, 0.25) is 0 Å². The van der Waals surface area contributed by atoms with E-state index in [0.717, 1.165) is 18.4 Å². The van der Waals surface area contributed by atoms with Gasteiger partial charge in [0.25, 0.3) is 5.56 Å². The van der Waals surface area contributed by atoms with Crippen LogP contribution < -0.4 is 5.56 Å².